The van der Waals surface area contributed by atoms with Crippen molar-refractivity contribution in [2.45, 2.75) is 31.8 Å². The molecule has 26 heavy (non-hydrogen) atoms. The largest absolute Gasteiger partial charge is 0.435 e. The quantitative estimate of drug-likeness (QED) is 0.404. The van der Waals surface area contributed by atoms with Gasteiger partial charge in [-0.05, 0) is 48.2 Å². The summed E-state index contributed by atoms with van der Waals surface area (Å²) in [6.45, 7) is 4.11. The van der Waals surface area contributed by atoms with Crippen LogP contribution in [-0.4, -0.2) is 20.7 Å². The monoisotopic (exact) mass is 369 g/mol. The summed E-state index contributed by atoms with van der Waals surface area (Å²) in [5, 5.41) is 0.729. The van der Waals surface area contributed by atoms with Crippen LogP contribution in [0.15, 0.2) is 54.1 Å². The number of nitrogens with zero attached hydrogens (tertiary/aromatic N) is 3. The fraction of sp³-hybridized carbons (Fsp3) is 0.250. The second-order valence-electron chi connectivity index (χ2n) is 5.66. The maximum absolute atomic E-state index is 13.6. The highest BCUT2D eigenvalue weighted by Gasteiger charge is 2.13. The Balaban J connectivity index is 1.88. The van der Waals surface area contributed by atoms with E-state index in [4.69, 9.17) is 4.74 Å². The van der Waals surface area contributed by atoms with Crippen LogP contribution >= 0.6 is 11.8 Å². The van der Waals surface area contributed by atoms with Crippen LogP contribution in [0.3, 0.4) is 0 Å². The van der Waals surface area contributed by atoms with Gasteiger partial charge in [0.2, 0.25) is 5.88 Å². The molecular formula is C20H20FN3OS. The SMILES string of the molecule is CCCSc1ncc(Oc2ncccc2-c2ccc(F)cc2CC)cn1. The lowest BCUT2D eigenvalue weighted by atomic mass is 9.99. The van der Waals surface area contributed by atoms with Crippen LogP contribution in [0.5, 0.6) is 11.6 Å². The number of aromatic nitrogens is 3. The highest BCUT2D eigenvalue weighted by atomic mass is 32.2. The summed E-state index contributed by atoms with van der Waals surface area (Å²) in [6.07, 6.45) is 6.75. The van der Waals surface area contributed by atoms with Crippen molar-refractivity contribution in [2.24, 2.45) is 0 Å². The van der Waals surface area contributed by atoms with Gasteiger partial charge in [0, 0.05) is 17.5 Å². The minimum absolute atomic E-state index is 0.245. The van der Waals surface area contributed by atoms with E-state index >= 15 is 0 Å². The Morgan fingerprint density at radius 2 is 1.85 bits per heavy atom. The van der Waals surface area contributed by atoms with E-state index in [0.717, 1.165) is 34.0 Å². The Kier molecular flexibility index (Phi) is 6.17. The number of ether oxygens (including phenoxy) is 1. The first-order valence-corrected chi connectivity index (χ1v) is 9.56. The zero-order valence-corrected chi connectivity index (χ0v) is 15.6. The molecule has 2 aromatic heterocycles. The highest BCUT2D eigenvalue weighted by molar-refractivity contribution is 7.99. The van der Waals surface area contributed by atoms with Crippen molar-refractivity contribution in [3.63, 3.8) is 0 Å². The number of thioether (sulfide) groups is 1. The molecular weight excluding hydrogens is 349 g/mol. The Bertz CT molecular complexity index is 871. The third kappa shape index (κ3) is 4.38. The van der Waals surface area contributed by atoms with Gasteiger partial charge in [-0.25, -0.2) is 19.3 Å². The van der Waals surface area contributed by atoms with Crippen molar-refractivity contribution >= 4 is 11.8 Å². The number of hydrogen-bond acceptors (Lipinski definition) is 5. The fourth-order valence-corrected chi connectivity index (χ4v) is 3.17. The maximum Gasteiger partial charge on any atom is 0.227 e. The van der Waals surface area contributed by atoms with Gasteiger partial charge >= 0.3 is 0 Å². The summed E-state index contributed by atoms with van der Waals surface area (Å²) in [5.41, 5.74) is 2.63. The van der Waals surface area contributed by atoms with Crippen LogP contribution in [0, 0.1) is 5.82 Å². The number of rotatable bonds is 7. The smallest absolute Gasteiger partial charge is 0.227 e. The lowest BCUT2D eigenvalue weighted by molar-refractivity contribution is 0.458. The Labute approximate surface area is 156 Å². The van der Waals surface area contributed by atoms with Gasteiger partial charge < -0.3 is 4.74 Å². The number of hydrogen-bond donors (Lipinski definition) is 0. The van der Waals surface area contributed by atoms with E-state index in [1.165, 1.54) is 6.07 Å². The van der Waals surface area contributed by atoms with Gasteiger partial charge in [-0.1, -0.05) is 31.7 Å². The summed E-state index contributed by atoms with van der Waals surface area (Å²) in [4.78, 5) is 13.0. The van der Waals surface area contributed by atoms with Crippen LogP contribution in [0.1, 0.15) is 25.8 Å². The van der Waals surface area contributed by atoms with Crippen LogP contribution in [-0.2, 0) is 6.42 Å². The van der Waals surface area contributed by atoms with Gasteiger partial charge in [0.1, 0.15) is 5.82 Å². The van der Waals surface area contributed by atoms with Crippen LogP contribution in [0.4, 0.5) is 4.39 Å². The molecule has 0 N–H and O–H groups in total. The van der Waals surface area contributed by atoms with Crippen LogP contribution in [0.2, 0.25) is 0 Å². The molecule has 0 saturated carbocycles. The number of pyridine rings is 1. The van der Waals surface area contributed by atoms with E-state index in [2.05, 4.69) is 21.9 Å². The van der Waals surface area contributed by atoms with Crippen LogP contribution < -0.4 is 4.74 Å². The summed E-state index contributed by atoms with van der Waals surface area (Å²) < 4.78 is 19.5. The van der Waals surface area contributed by atoms with Gasteiger partial charge in [0.05, 0.1) is 12.4 Å². The molecule has 0 aliphatic heterocycles. The average Bonchev–Trinajstić information content (AvgIpc) is 2.68. The number of aryl methyl sites for hydroxylation is 1. The van der Waals surface area contributed by atoms with Crippen molar-refractivity contribution in [3.05, 3.63) is 60.3 Å². The van der Waals surface area contributed by atoms with Crippen molar-refractivity contribution in [1.29, 1.82) is 0 Å². The summed E-state index contributed by atoms with van der Waals surface area (Å²) in [6, 6.07) is 8.52. The normalized spacial score (nSPS) is 10.7. The molecule has 0 amide bonds. The van der Waals surface area contributed by atoms with E-state index in [1.807, 2.05) is 19.1 Å². The molecule has 3 rings (SSSR count). The third-order valence-electron chi connectivity index (χ3n) is 3.76. The number of halogens is 1. The standard InChI is InChI=1S/C20H20FN3OS/c1-3-10-26-20-23-12-16(13-24-20)25-19-18(6-5-9-22-19)17-8-7-15(21)11-14(17)4-2/h5-9,11-13H,3-4,10H2,1-2H3. The molecule has 134 valence electrons. The molecule has 0 unspecified atom stereocenters. The lowest BCUT2D eigenvalue weighted by Crippen LogP contribution is -1.96. The molecule has 2 heterocycles. The van der Waals surface area contributed by atoms with Crippen molar-refractivity contribution in [2.75, 3.05) is 5.75 Å². The number of benzene rings is 1. The summed E-state index contributed by atoms with van der Waals surface area (Å²) >= 11 is 1.61. The molecule has 0 aliphatic rings. The topological polar surface area (TPSA) is 47.9 Å². The summed E-state index contributed by atoms with van der Waals surface area (Å²) in [5.74, 6) is 1.71. The Hall–Kier alpha value is -2.47. The van der Waals surface area contributed by atoms with Crippen molar-refractivity contribution in [3.8, 4) is 22.8 Å². The molecule has 0 atom stereocenters. The van der Waals surface area contributed by atoms with Gasteiger partial charge in [-0.3, -0.25) is 0 Å². The van der Waals surface area contributed by atoms with Gasteiger partial charge in [-0.2, -0.15) is 0 Å². The second kappa shape index (κ2) is 8.76. The molecule has 0 saturated heterocycles. The molecule has 0 fully saturated rings. The van der Waals surface area contributed by atoms with Crippen LogP contribution in [0.25, 0.3) is 11.1 Å². The van der Waals surface area contributed by atoms with Gasteiger partial charge in [0.25, 0.3) is 0 Å². The van der Waals surface area contributed by atoms with E-state index in [-0.39, 0.29) is 5.82 Å². The Morgan fingerprint density at radius 1 is 1.04 bits per heavy atom. The van der Waals surface area contributed by atoms with Crippen molar-refractivity contribution in [1.82, 2.24) is 15.0 Å². The molecule has 3 aromatic rings. The maximum atomic E-state index is 13.6. The first-order valence-electron chi connectivity index (χ1n) is 8.57. The third-order valence-corrected chi connectivity index (χ3v) is 4.85. The second-order valence-corrected chi connectivity index (χ2v) is 6.73. The minimum atomic E-state index is -0.245. The van der Waals surface area contributed by atoms with Gasteiger partial charge in [0.15, 0.2) is 10.9 Å². The zero-order valence-electron chi connectivity index (χ0n) is 14.8. The molecule has 0 bridgehead atoms. The van der Waals surface area contributed by atoms with Crippen molar-refractivity contribution < 1.29 is 9.13 Å². The Morgan fingerprint density at radius 3 is 2.58 bits per heavy atom. The average molecular weight is 369 g/mol. The zero-order chi connectivity index (χ0) is 18.4. The fourth-order valence-electron chi connectivity index (χ4n) is 2.53. The predicted molar refractivity (Wildman–Crippen MR) is 102 cm³/mol. The molecule has 0 spiro atoms. The van der Waals surface area contributed by atoms with E-state index in [9.17, 15) is 4.39 Å². The predicted octanol–water partition coefficient (Wildman–Crippen LogP) is 5.53. The van der Waals surface area contributed by atoms with E-state index < -0.39 is 0 Å². The van der Waals surface area contributed by atoms with Gasteiger partial charge in [-0.15, -0.1) is 0 Å². The molecule has 6 heteroatoms. The minimum Gasteiger partial charge on any atom is -0.435 e. The first kappa shape index (κ1) is 18.3. The first-order chi connectivity index (χ1) is 12.7. The van der Waals surface area contributed by atoms with E-state index in [1.54, 1.807) is 42.5 Å². The van der Waals surface area contributed by atoms with E-state index in [0.29, 0.717) is 18.1 Å². The molecule has 0 radical (unpaired) electrons. The lowest BCUT2D eigenvalue weighted by Gasteiger charge is -2.13. The molecule has 4 nitrogen and oxygen atoms in total. The highest BCUT2D eigenvalue weighted by Crippen LogP contribution is 2.33. The molecule has 1 aromatic carbocycles. The summed E-state index contributed by atoms with van der Waals surface area (Å²) in [7, 11) is 0. The molecule has 0 aliphatic carbocycles.